The number of carbonyl (C=O) groups is 1. The first-order valence-corrected chi connectivity index (χ1v) is 10.2. The molecule has 2 atom stereocenters. The van der Waals surface area contributed by atoms with Crippen molar-refractivity contribution in [1.29, 1.82) is 0 Å². The Morgan fingerprint density at radius 3 is 2.46 bits per heavy atom. The summed E-state index contributed by atoms with van der Waals surface area (Å²) >= 11 is 6.98. The molecule has 1 heterocycles. The van der Waals surface area contributed by atoms with E-state index in [0.717, 1.165) is 16.9 Å². The Balaban J connectivity index is 2.03. The molecular weight excluding hydrogens is 368 g/mol. The average molecular weight is 387 g/mol. The number of rotatable bonds is 7. The van der Waals surface area contributed by atoms with Crippen molar-refractivity contribution in [3.05, 3.63) is 52.4 Å². The summed E-state index contributed by atoms with van der Waals surface area (Å²) < 4.78 is 26.9. The van der Waals surface area contributed by atoms with E-state index in [1.807, 2.05) is 19.1 Å². The molecule has 8 heteroatoms. The fraction of sp³-hybridized carbons (Fsp3) is 0.312. The minimum Gasteiger partial charge on any atom is -0.348 e. The van der Waals surface area contributed by atoms with Crippen molar-refractivity contribution in [3.63, 3.8) is 0 Å². The Labute approximate surface area is 151 Å². The van der Waals surface area contributed by atoms with E-state index < -0.39 is 16.1 Å². The third-order valence-corrected chi connectivity index (χ3v) is 6.67. The summed E-state index contributed by atoms with van der Waals surface area (Å²) in [5.41, 5.74) is 0.920. The van der Waals surface area contributed by atoms with Crippen molar-refractivity contribution in [2.75, 3.05) is 0 Å². The highest BCUT2D eigenvalue weighted by molar-refractivity contribution is 7.91. The van der Waals surface area contributed by atoms with E-state index >= 15 is 0 Å². The molecular formula is C16H19ClN2O3S2. The summed E-state index contributed by atoms with van der Waals surface area (Å²) in [5.74, 6) is -0.378. The van der Waals surface area contributed by atoms with Gasteiger partial charge < -0.3 is 5.32 Å². The maximum Gasteiger partial charge on any atom is 0.250 e. The molecule has 0 aliphatic carbocycles. The molecule has 1 aromatic heterocycles. The minimum absolute atomic E-state index is 0.187. The smallest absolute Gasteiger partial charge is 0.250 e. The number of benzene rings is 1. The van der Waals surface area contributed by atoms with E-state index in [0.29, 0.717) is 11.4 Å². The third kappa shape index (κ3) is 4.80. The lowest BCUT2D eigenvalue weighted by Crippen LogP contribution is -2.45. The van der Waals surface area contributed by atoms with Crippen molar-refractivity contribution in [2.45, 2.75) is 36.6 Å². The van der Waals surface area contributed by atoms with Crippen LogP contribution in [0, 0.1) is 0 Å². The zero-order chi connectivity index (χ0) is 17.7. The molecule has 2 rings (SSSR count). The Morgan fingerprint density at radius 2 is 1.92 bits per heavy atom. The van der Waals surface area contributed by atoms with Gasteiger partial charge in [0, 0.05) is 5.02 Å². The molecule has 0 saturated heterocycles. The van der Waals surface area contributed by atoms with Gasteiger partial charge in [0.05, 0.1) is 12.1 Å². The van der Waals surface area contributed by atoms with Crippen LogP contribution in [0.3, 0.4) is 0 Å². The van der Waals surface area contributed by atoms with Gasteiger partial charge >= 0.3 is 0 Å². The van der Waals surface area contributed by atoms with Gasteiger partial charge in [0.25, 0.3) is 10.0 Å². The van der Waals surface area contributed by atoms with Crippen LogP contribution in [0.5, 0.6) is 0 Å². The molecule has 1 aromatic carbocycles. The molecule has 2 aromatic rings. The summed E-state index contributed by atoms with van der Waals surface area (Å²) in [4.78, 5) is 12.3. The van der Waals surface area contributed by atoms with E-state index in [9.17, 15) is 13.2 Å². The number of amides is 1. The highest BCUT2D eigenvalue weighted by atomic mass is 35.5. The number of carbonyl (C=O) groups excluding carboxylic acids is 1. The van der Waals surface area contributed by atoms with Gasteiger partial charge in [0.1, 0.15) is 4.21 Å². The molecule has 0 aliphatic heterocycles. The molecule has 0 saturated carbocycles. The molecule has 0 aliphatic rings. The topological polar surface area (TPSA) is 75.3 Å². The average Bonchev–Trinajstić information content (AvgIpc) is 3.08. The van der Waals surface area contributed by atoms with Crippen LogP contribution in [-0.2, 0) is 14.8 Å². The standard InChI is InChI=1S/C16H19ClN2O3S2/c1-3-14(12-6-8-13(17)9-7-12)18-16(20)11(2)19-24(21,22)15-5-4-10-23-15/h4-11,14,19H,3H2,1-2H3,(H,18,20). The first-order chi connectivity index (χ1) is 11.3. The normalized spacial score (nSPS) is 14.1. The maximum atomic E-state index is 12.3. The van der Waals surface area contributed by atoms with Gasteiger partial charge in [-0.3, -0.25) is 4.79 Å². The molecule has 0 radical (unpaired) electrons. The van der Waals surface area contributed by atoms with Crippen LogP contribution in [-0.4, -0.2) is 20.4 Å². The second-order valence-electron chi connectivity index (χ2n) is 5.30. The minimum atomic E-state index is -3.68. The lowest BCUT2D eigenvalue weighted by molar-refractivity contribution is -0.123. The molecule has 0 spiro atoms. The predicted molar refractivity (Wildman–Crippen MR) is 96.7 cm³/mol. The van der Waals surface area contributed by atoms with Crippen LogP contribution in [0.25, 0.3) is 0 Å². The van der Waals surface area contributed by atoms with Crippen LogP contribution in [0.1, 0.15) is 31.9 Å². The zero-order valence-corrected chi connectivity index (χ0v) is 15.7. The first kappa shape index (κ1) is 18.9. The lowest BCUT2D eigenvalue weighted by atomic mass is 10.0. The van der Waals surface area contributed by atoms with Gasteiger partial charge in [-0.05, 0) is 42.5 Å². The van der Waals surface area contributed by atoms with E-state index in [1.54, 1.807) is 23.6 Å². The lowest BCUT2D eigenvalue weighted by Gasteiger charge is -2.21. The Morgan fingerprint density at radius 1 is 1.25 bits per heavy atom. The number of hydrogen-bond donors (Lipinski definition) is 2. The van der Waals surface area contributed by atoms with Gasteiger partial charge in [-0.25, -0.2) is 8.42 Å². The Kier molecular flexibility index (Phi) is 6.40. The van der Waals surface area contributed by atoms with E-state index in [1.165, 1.54) is 13.0 Å². The first-order valence-electron chi connectivity index (χ1n) is 7.45. The highest BCUT2D eigenvalue weighted by Gasteiger charge is 2.24. The fourth-order valence-corrected chi connectivity index (χ4v) is 4.51. The SMILES string of the molecule is CCC(NC(=O)C(C)NS(=O)(=O)c1cccs1)c1ccc(Cl)cc1. The Bertz CT molecular complexity index is 774. The van der Waals surface area contributed by atoms with E-state index in [2.05, 4.69) is 10.0 Å². The Hall–Kier alpha value is -1.41. The van der Waals surface area contributed by atoms with Crippen LogP contribution in [0.2, 0.25) is 5.02 Å². The fourth-order valence-electron chi connectivity index (χ4n) is 2.17. The quantitative estimate of drug-likeness (QED) is 0.766. The summed E-state index contributed by atoms with van der Waals surface area (Å²) in [6.07, 6.45) is 0.678. The van der Waals surface area contributed by atoms with Crippen molar-refractivity contribution in [1.82, 2.24) is 10.0 Å². The van der Waals surface area contributed by atoms with Crippen LogP contribution in [0.4, 0.5) is 0 Å². The second-order valence-corrected chi connectivity index (χ2v) is 8.62. The molecule has 0 bridgehead atoms. The van der Waals surface area contributed by atoms with Crippen molar-refractivity contribution in [3.8, 4) is 0 Å². The summed E-state index contributed by atoms with van der Waals surface area (Å²) in [6, 6.07) is 9.28. The summed E-state index contributed by atoms with van der Waals surface area (Å²) in [7, 11) is -3.68. The molecule has 2 unspecified atom stereocenters. The molecule has 2 N–H and O–H groups in total. The van der Waals surface area contributed by atoms with Crippen LogP contribution in [0.15, 0.2) is 46.0 Å². The molecule has 24 heavy (non-hydrogen) atoms. The number of nitrogens with one attached hydrogen (secondary N) is 2. The summed E-state index contributed by atoms with van der Waals surface area (Å²) in [6.45, 7) is 3.47. The third-order valence-electron chi connectivity index (χ3n) is 3.48. The van der Waals surface area contributed by atoms with Gasteiger partial charge in [-0.1, -0.05) is 36.7 Å². The molecule has 5 nitrogen and oxygen atoms in total. The van der Waals surface area contributed by atoms with Gasteiger partial charge in [0.2, 0.25) is 5.91 Å². The van der Waals surface area contributed by atoms with Gasteiger partial charge in [-0.15, -0.1) is 11.3 Å². The van der Waals surface area contributed by atoms with Crippen LogP contribution >= 0.6 is 22.9 Å². The number of thiophene rings is 1. The van der Waals surface area contributed by atoms with Crippen molar-refractivity contribution < 1.29 is 13.2 Å². The monoisotopic (exact) mass is 386 g/mol. The molecule has 130 valence electrons. The van der Waals surface area contributed by atoms with Crippen LogP contribution < -0.4 is 10.0 Å². The maximum absolute atomic E-state index is 12.3. The van der Waals surface area contributed by atoms with E-state index in [-0.39, 0.29) is 16.2 Å². The molecule has 0 fully saturated rings. The highest BCUT2D eigenvalue weighted by Crippen LogP contribution is 2.20. The van der Waals surface area contributed by atoms with E-state index in [4.69, 9.17) is 11.6 Å². The predicted octanol–water partition coefficient (Wildman–Crippen LogP) is 3.34. The summed E-state index contributed by atoms with van der Waals surface area (Å²) in [5, 5.41) is 5.16. The second kappa shape index (κ2) is 8.11. The number of sulfonamides is 1. The van der Waals surface area contributed by atoms with Crippen molar-refractivity contribution >= 4 is 38.9 Å². The number of halogens is 1. The zero-order valence-electron chi connectivity index (χ0n) is 13.3. The molecule has 1 amide bonds. The van der Waals surface area contributed by atoms with Gasteiger partial charge in [-0.2, -0.15) is 4.72 Å². The largest absolute Gasteiger partial charge is 0.348 e. The van der Waals surface area contributed by atoms with Crippen molar-refractivity contribution in [2.24, 2.45) is 0 Å². The number of hydrogen-bond acceptors (Lipinski definition) is 4. The van der Waals surface area contributed by atoms with Gasteiger partial charge in [0.15, 0.2) is 0 Å².